The molecule has 0 bridgehead atoms. The van der Waals surface area contributed by atoms with Crippen molar-refractivity contribution in [2.24, 2.45) is 4.99 Å². The van der Waals surface area contributed by atoms with E-state index in [1.165, 1.54) is 43.5 Å². The van der Waals surface area contributed by atoms with E-state index in [1.54, 1.807) is 12.1 Å². The number of rotatable bonds is 5. The lowest BCUT2D eigenvalue weighted by Gasteiger charge is -2.13. The van der Waals surface area contributed by atoms with Gasteiger partial charge in [-0.25, -0.2) is 14.2 Å². The van der Waals surface area contributed by atoms with Crippen molar-refractivity contribution in [1.82, 2.24) is 5.32 Å². The summed E-state index contributed by atoms with van der Waals surface area (Å²) in [5.74, 6) is -1.12. The Bertz CT molecular complexity index is 893. The molecule has 0 spiro atoms. The third-order valence-electron chi connectivity index (χ3n) is 4.36. The van der Waals surface area contributed by atoms with E-state index in [-0.39, 0.29) is 12.1 Å². The zero-order valence-electron chi connectivity index (χ0n) is 16.0. The predicted octanol–water partition coefficient (Wildman–Crippen LogP) is 2.99. The molecular weight excluding hydrogens is 377 g/mol. The summed E-state index contributed by atoms with van der Waals surface area (Å²) >= 11 is 0. The molecule has 2 aromatic carbocycles. The SMILES string of the molecule is COC(=O)c1ccc(C(=O)NC(=NC[C@@H]2CCCO2)Nc2cccc(F)c2)cc1. The molecule has 0 aliphatic carbocycles. The van der Waals surface area contributed by atoms with E-state index in [0.717, 1.165) is 12.8 Å². The topological polar surface area (TPSA) is 89.0 Å². The van der Waals surface area contributed by atoms with E-state index in [1.807, 2.05) is 0 Å². The highest BCUT2D eigenvalue weighted by Gasteiger charge is 2.16. The molecule has 1 aliphatic heterocycles. The third kappa shape index (κ3) is 5.86. The molecule has 1 saturated heterocycles. The van der Waals surface area contributed by atoms with Crippen LogP contribution in [0.25, 0.3) is 0 Å². The van der Waals surface area contributed by atoms with Crippen molar-refractivity contribution in [3.05, 3.63) is 65.5 Å². The normalized spacial score (nSPS) is 16.3. The number of nitrogens with one attached hydrogen (secondary N) is 2. The van der Waals surface area contributed by atoms with Gasteiger partial charge in [-0.15, -0.1) is 0 Å². The van der Waals surface area contributed by atoms with Gasteiger partial charge in [0, 0.05) is 17.9 Å². The van der Waals surface area contributed by atoms with Crippen molar-refractivity contribution in [2.45, 2.75) is 18.9 Å². The number of methoxy groups -OCH3 is 1. The molecule has 1 fully saturated rings. The fourth-order valence-corrected chi connectivity index (χ4v) is 2.85. The zero-order valence-corrected chi connectivity index (χ0v) is 16.0. The number of carbonyl (C=O) groups is 2. The number of anilines is 1. The Morgan fingerprint density at radius 3 is 2.62 bits per heavy atom. The number of nitrogens with zero attached hydrogens (tertiary/aromatic N) is 1. The first-order valence-corrected chi connectivity index (χ1v) is 9.23. The van der Waals surface area contributed by atoms with Gasteiger partial charge < -0.3 is 14.8 Å². The number of aliphatic imine (C=N–C) groups is 1. The summed E-state index contributed by atoms with van der Waals surface area (Å²) in [6.45, 7) is 1.07. The summed E-state index contributed by atoms with van der Waals surface area (Å²) in [6.07, 6.45) is 1.88. The standard InChI is InChI=1S/C21H22FN3O4/c1-28-20(27)15-9-7-14(8-10-15)19(26)25-21(23-13-18-6-3-11-29-18)24-17-5-2-4-16(22)12-17/h2,4-5,7-10,12,18H,3,6,11,13H2,1H3,(H2,23,24,25,26)/t18-/m0/s1. The number of guanidine groups is 1. The summed E-state index contributed by atoms with van der Waals surface area (Å²) in [5, 5.41) is 5.63. The van der Waals surface area contributed by atoms with Gasteiger partial charge >= 0.3 is 5.97 Å². The second kappa shape index (κ2) is 9.79. The van der Waals surface area contributed by atoms with Crippen molar-refractivity contribution in [1.29, 1.82) is 0 Å². The van der Waals surface area contributed by atoms with Gasteiger partial charge in [-0.3, -0.25) is 10.1 Å². The maximum Gasteiger partial charge on any atom is 0.337 e. The van der Waals surface area contributed by atoms with E-state index in [2.05, 4.69) is 20.4 Å². The fraction of sp³-hybridized carbons (Fsp3) is 0.286. The maximum absolute atomic E-state index is 13.5. The van der Waals surface area contributed by atoms with Gasteiger partial charge in [-0.2, -0.15) is 0 Å². The van der Waals surface area contributed by atoms with Crippen LogP contribution in [0.15, 0.2) is 53.5 Å². The van der Waals surface area contributed by atoms with Crippen molar-refractivity contribution in [3.63, 3.8) is 0 Å². The molecule has 1 aliphatic rings. The van der Waals surface area contributed by atoms with Crippen molar-refractivity contribution < 1.29 is 23.5 Å². The number of amides is 1. The van der Waals surface area contributed by atoms with Crippen molar-refractivity contribution >= 4 is 23.5 Å². The van der Waals surface area contributed by atoms with Crippen LogP contribution in [0, 0.1) is 5.82 Å². The van der Waals surface area contributed by atoms with E-state index in [4.69, 9.17) is 4.74 Å². The summed E-state index contributed by atoms with van der Waals surface area (Å²) in [5.41, 5.74) is 1.13. The Balaban J connectivity index is 1.73. The molecule has 3 rings (SSSR count). The molecule has 0 saturated carbocycles. The lowest BCUT2D eigenvalue weighted by atomic mass is 10.1. The molecule has 29 heavy (non-hydrogen) atoms. The average molecular weight is 399 g/mol. The van der Waals surface area contributed by atoms with Gasteiger partial charge in [0.2, 0.25) is 5.96 Å². The summed E-state index contributed by atoms with van der Waals surface area (Å²) in [4.78, 5) is 28.5. The predicted molar refractivity (Wildman–Crippen MR) is 107 cm³/mol. The second-order valence-electron chi connectivity index (χ2n) is 6.48. The van der Waals surface area contributed by atoms with Gasteiger partial charge in [0.25, 0.3) is 5.91 Å². The first kappa shape index (κ1) is 20.5. The van der Waals surface area contributed by atoms with Crippen LogP contribution >= 0.6 is 0 Å². The van der Waals surface area contributed by atoms with Crippen LogP contribution in [0.3, 0.4) is 0 Å². The quantitative estimate of drug-likeness (QED) is 0.458. The molecule has 0 aromatic heterocycles. The molecule has 0 radical (unpaired) electrons. The second-order valence-corrected chi connectivity index (χ2v) is 6.48. The lowest BCUT2D eigenvalue weighted by molar-refractivity contribution is 0.0600. The summed E-state index contributed by atoms with van der Waals surface area (Å²) in [6, 6.07) is 11.9. The Morgan fingerprint density at radius 1 is 1.21 bits per heavy atom. The minimum absolute atomic E-state index is 0.00412. The largest absolute Gasteiger partial charge is 0.465 e. The maximum atomic E-state index is 13.5. The van der Waals surface area contributed by atoms with Gasteiger partial charge in [0.1, 0.15) is 5.82 Å². The molecule has 1 heterocycles. The first-order chi connectivity index (χ1) is 14.0. The Morgan fingerprint density at radius 2 is 1.97 bits per heavy atom. The van der Waals surface area contributed by atoms with Gasteiger partial charge in [-0.1, -0.05) is 6.07 Å². The van der Waals surface area contributed by atoms with Crippen LogP contribution in [0.5, 0.6) is 0 Å². The number of hydrogen-bond donors (Lipinski definition) is 2. The van der Waals surface area contributed by atoms with Crippen LogP contribution < -0.4 is 10.6 Å². The van der Waals surface area contributed by atoms with E-state index >= 15 is 0 Å². The highest BCUT2D eigenvalue weighted by molar-refractivity contribution is 6.10. The van der Waals surface area contributed by atoms with Crippen molar-refractivity contribution in [2.75, 3.05) is 25.6 Å². The van der Waals surface area contributed by atoms with Crippen LogP contribution in [0.2, 0.25) is 0 Å². The molecule has 0 unspecified atom stereocenters. The summed E-state index contributed by atoms with van der Waals surface area (Å²) in [7, 11) is 1.29. The number of hydrogen-bond acceptors (Lipinski definition) is 5. The molecule has 8 heteroatoms. The number of ether oxygens (including phenoxy) is 2. The smallest absolute Gasteiger partial charge is 0.337 e. The molecular formula is C21H22FN3O4. The molecule has 152 valence electrons. The minimum Gasteiger partial charge on any atom is -0.465 e. The first-order valence-electron chi connectivity index (χ1n) is 9.23. The summed E-state index contributed by atoms with van der Waals surface area (Å²) < 4.78 is 23.7. The Hall–Kier alpha value is -3.26. The number of carbonyl (C=O) groups excluding carboxylic acids is 2. The molecule has 7 nitrogen and oxygen atoms in total. The Labute approximate surface area is 167 Å². The minimum atomic E-state index is -0.483. The van der Waals surface area contributed by atoms with Crippen molar-refractivity contribution in [3.8, 4) is 0 Å². The van der Waals surface area contributed by atoms with E-state index in [0.29, 0.717) is 30.0 Å². The zero-order chi connectivity index (χ0) is 20.6. The average Bonchev–Trinajstić information content (AvgIpc) is 3.25. The molecule has 2 N–H and O–H groups in total. The lowest BCUT2D eigenvalue weighted by Crippen LogP contribution is -2.36. The van der Waals surface area contributed by atoms with Gasteiger partial charge in [-0.05, 0) is 55.3 Å². The third-order valence-corrected chi connectivity index (χ3v) is 4.36. The van der Waals surface area contributed by atoms with Gasteiger partial charge in [0.05, 0.1) is 25.3 Å². The van der Waals surface area contributed by atoms with Gasteiger partial charge in [0.15, 0.2) is 0 Å². The van der Waals surface area contributed by atoms with Crippen LogP contribution in [-0.2, 0) is 9.47 Å². The van der Waals surface area contributed by atoms with Crippen LogP contribution in [0.4, 0.5) is 10.1 Å². The number of benzene rings is 2. The van der Waals surface area contributed by atoms with Crippen LogP contribution in [0.1, 0.15) is 33.6 Å². The highest BCUT2D eigenvalue weighted by Crippen LogP contribution is 2.13. The fourth-order valence-electron chi connectivity index (χ4n) is 2.85. The highest BCUT2D eigenvalue weighted by atomic mass is 19.1. The van der Waals surface area contributed by atoms with Crippen LogP contribution in [-0.4, -0.2) is 44.2 Å². The molecule has 1 amide bonds. The molecule has 1 atom stereocenters. The monoisotopic (exact) mass is 399 g/mol. The number of halogens is 1. The van der Waals surface area contributed by atoms with E-state index < -0.39 is 17.7 Å². The number of esters is 1. The van der Waals surface area contributed by atoms with E-state index in [9.17, 15) is 14.0 Å². The molecule has 2 aromatic rings. The Kier molecular flexibility index (Phi) is 6.91.